The van der Waals surface area contributed by atoms with Crippen molar-refractivity contribution >= 4 is 5.69 Å². The third kappa shape index (κ3) is 8.67. The van der Waals surface area contributed by atoms with E-state index in [0.29, 0.717) is 11.5 Å². The molecule has 1 rings (SSSR count). The maximum absolute atomic E-state index is 5.16. The van der Waals surface area contributed by atoms with E-state index in [-0.39, 0.29) is 0 Å². The van der Waals surface area contributed by atoms with Gasteiger partial charge >= 0.3 is 0 Å². The molecule has 0 spiro atoms. The van der Waals surface area contributed by atoms with Gasteiger partial charge in [-0.15, -0.1) is 0 Å². The Balaban J connectivity index is 2.25. The fraction of sp³-hybridized carbons (Fsp3) is 0.667. The molecule has 0 saturated heterocycles. The summed E-state index contributed by atoms with van der Waals surface area (Å²) in [4.78, 5) is 19.5. The molecule has 132 valence electrons. The fourth-order valence-corrected chi connectivity index (χ4v) is 2.44. The molecule has 1 aromatic rings. The number of nitrogens with one attached hydrogen (secondary N) is 1. The first-order valence-electron chi connectivity index (χ1n) is 8.61. The predicted molar refractivity (Wildman–Crippen MR) is 92.8 cm³/mol. The fourth-order valence-electron chi connectivity index (χ4n) is 2.44. The molecule has 0 bridgehead atoms. The lowest BCUT2D eigenvalue weighted by molar-refractivity contribution is -0.183. The minimum Gasteiger partial charge on any atom is -0.382 e. The Labute approximate surface area is 140 Å². The molecule has 5 heteroatoms. The minimum atomic E-state index is 0.567. The summed E-state index contributed by atoms with van der Waals surface area (Å²) in [7, 11) is 2.94. The second-order valence-electron chi connectivity index (χ2n) is 5.56. The molecule has 0 aliphatic carbocycles. The topological polar surface area (TPSA) is 49.0 Å². The van der Waals surface area contributed by atoms with E-state index in [1.165, 1.54) is 59.2 Å². The molecule has 0 amide bonds. The van der Waals surface area contributed by atoms with Gasteiger partial charge in [-0.25, -0.2) is 0 Å². The zero-order valence-electron chi connectivity index (χ0n) is 14.7. The lowest BCUT2D eigenvalue weighted by atomic mass is 10.1. The van der Waals surface area contributed by atoms with Crippen LogP contribution in [0, 0.1) is 0 Å². The largest absolute Gasteiger partial charge is 0.382 e. The molecule has 0 unspecified atom stereocenters. The van der Waals surface area contributed by atoms with E-state index in [2.05, 4.69) is 17.1 Å². The van der Waals surface area contributed by atoms with Crippen molar-refractivity contribution in [3.05, 3.63) is 18.2 Å². The minimum absolute atomic E-state index is 0.567. The Morgan fingerprint density at radius 1 is 0.826 bits per heavy atom. The van der Waals surface area contributed by atoms with Gasteiger partial charge < -0.3 is 15.1 Å². The summed E-state index contributed by atoms with van der Waals surface area (Å²) in [5.74, 6) is 1.15. The van der Waals surface area contributed by atoms with E-state index < -0.39 is 0 Å². The number of hydrogen-bond acceptors (Lipinski definition) is 5. The molecule has 0 atom stereocenters. The monoisotopic (exact) mass is 325 g/mol. The summed E-state index contributed by atoms with van der Waals surface area (Å²) in [6.45, 7) is 3.17. The predicted octanol–water partition coefficient (Wildman–Crippen LogP) is 5.12. The van der Waals surface area contributed by atoms with Gasteiger partial charge in [0.05, 0.1) is 19.9 Å². The van der Waals surface area contributed by atoms with Gasteiger partial charge in [-0.3, -0.25) is 0 Å². The maximum Gasteiger partial charge on any atom is 0.192 e. The van der Waals surface area contributed by atoms with Crippen LogP contribution in [-0.4, -0.2) is 20.8 Å². The molecule has 5 nitrogen and oxygen atoms in total. The molecule has 0 aromatic heterocycles. The molecule has 1 N–H and O–H groups in total. The average Bonchev–Trinajstić information content (AvgIpc) is 2.55. The first-order valence-corrected chi connectivity index (χ1v) is 8.61. The zero-order chi connectivity index (χ0) is 16.8. The Kier molecular flexibility index (Phi) is 11.1. The third-order valence-electron chi connectivity index (χ3n) is 3.65. The molecular weight excluding hydrogens is 294 g/mol. The van der Waals surface area contributed by atoms with Crippen LogP contribution in [0.25, 0.3) is 0 Å². The zero-order valence-corrected chi connectivity index (χ0v) is 14.7. The van der Waals surface area contributed by atoms with Crippen LogP contribution in [-0.2, 0) is 9.78 Å². The van der Waals surface area contributed by atoms with Gasteiger partial charge in [-0.2, -0.15) is 9.78 Å². The number of anilines is 1. The molecule has 0 radical (unpaired) electrons. The van der Waals surface area contributed by atoms with Crippen LogP contribution < -0.4 is 15.1 Å². The van der Waals surface area contributed by atoms with Crippen molar-refractivity contribution < 1.29 is 19.6 Å². The molecule has 0 aliphatic heterocycles. The molecule has 0 heterocycles. The Hall–Kier alpha value is -1.46. The number of unbranched alkanes of at least 4 members (excludes halogenated alkanes) is 7. The quantitative estimate of drug-likeness (QED) is 0.292. The summed E-state index contributed by atoms with van der Waals surface area (Å²) in [5.41, 5.74) is 0.887. The maximum atomic E-state index is 5.16. The Bertz CT molecular complexity index is 412. The van der Waals surface area contributed by atoms with Gasteiger partial charge in [0.2, 0.25) is 0 Å². The summed E-state index contributed by atoms with van der Waals surface area (Å²) >= 11 is 0. The highest BCUT2D eigenvalue weighted by atomic mass is 17.2. The smallest absolute Gasteiger partial charge is 0.192 e. The third-order valence-corrected chi connectivity index (χ3v) is 3.65. The van der Waals surface area contributed by atoms with Crippen LogP contribution in [0.15, 0.2) is 18.2 Å². The first kappa shape index (κ1) is 19.6. The van der Waals surface area contributed by atoms with Crippen LogP contribution in [0.1, 0.15) is 58.3 Å². The van der Waals surface area contributed by atoms with Crippen molar-refractivity contribution in [2.24, 2.45) is 0 Å². The number of hydrogen-bond donors (Lipinski definition) is 1. The van der Waals surface area contributed by atoms with Gasteiger partial charge in [-0.05, 0) is 18.6 Å². The second-order valence-corrected chi connectivity index (χ2v) is 5.56. The van der Waals surface area contributed by atoms with Crippen molar-refractivity contribution in [3.8, 4) is 11.5 Å². The number of rotatable bonds is 14. The standard InChI is InChI=1S/C18H31NO4/c1-4-5-6-7-8-9-10-11-14-19-17-13-12-16(22-20-2)15-18(17)23-21-3/h12-13,15,19H,4-11,14H2,1-3H3. The van der Waals surface area contributed by atoms with Crippen molar-refractivity contribution in [2.45, 2.75) is 58.3 Å². The normalized spacial score (nSPS) is 10.6. The van der Waals surface area contributed by atoms with E-state index in [1.54, 1.807) is 6.07 Å². The summed E-state index contributed by atoms with van der Waals surface area (Å²) < 4.78 is 0. The second kappa shape index (κ2) is 13.0. The Morgan fingerprint density at radius 3 is 2.13 bits per heavy atom. The Morgan fingerprint density at radius 2 is 1.48 bits per heavy atom. The number of benzene rings is 1. The summed E-state index contributed by atoms with van der Waals surface area (Å²) in [6.07, 6.45) is 10.5. The van der Waals surface area contributed by atoms with Crippen LogP contribution in [0.5, 0.6) is 11.5 Å². The van der Waals surface area contributed by atoms with Gasteiger partial charge in [0.15, 0.2) is 11.5 Å². The molecule has 0 aliphatic rings. The summed E-state index contributed by atoms with van der Waals surface area (Å²) in [6, 6.07) is 5.44. The molecule has 23 heavy (non-hydrogen) atoms. The van der Waals surface area contributed by atoms with Crippen molar-refractivity contribution in [1.29, 1.82) is 0 Å². The highest BCUT2D eigenvalue weighted by Gasteiger charge is 2.07. The lowest BCUT2D eigenvalue weighted by Gasteiger charge is -2.12. The van der Waals surface area contributed by atoms with Gasteiger partial charge in [0, 0.05) is 12.6 Å². The molecule has 0 fully saturated rings. The summed E-state index contributed by atoms with van der Waals surface area (Å²) in [5, 5.41) is 3.38. The highest BCUT2D eigenvalue weighted by molar-refractivity contribution is 5.58. The highest BCUT2D eigenvalue weighted by Crippen LogP contribution is 2.29. The van der Waals surface area contributed by atoms with E-state index in [9.17, 15) is 0 Å². The molecule has 0 saturated carbocycles. The average molecular weight is 325 g/mol. The van der Waals surface area contributed by atoms with E-state index >= 15 is 0 Å². The van der Waals surface area contributed by atoms with Crippen LogP contribution in [0.3, 0.4) is 0 Å². The van der Waals surface area contributed by atoms with Crippen LogP contribution in [0.4, 0.5) is 5.69 Å². The van der Waals surface area contributed by atoms with Crippen molar-refractivity contribution in [1.82, 2.24) is 0 Å². The first-order chi connectivity index (χ1) is 11.3. The van der Waals surface area contributed by atoms with Crippen molar-refractivity contribution in [3.63, 3.8) is 0 Å². The van der Waals surface area contributed by atoms with Crippen LogP contribution >= 0.6 is 0 Å². The van der Waals surface area contributed by atoms with Gasteiger partial charge in [0.25, 0.3) is 0 Å². The van der Waals surface area contributed by atoms with Gasteiger partial charge in [0.1, 0.15) is 0 Å². The van der Waals surface area contributed by atoms with Gasteiger partial charge in [-0.1, -0.05) is 51.9 Å². The molecule has 1 aromatic carbocycles. The van der Waals surface area contributed by atoms with E-state index in [1.807, 2.05) is 12.1 Å². The molecular formula is C18H31NO4. The van der Waals surface area contributed by atoms with Crippen LogP contribution in [0.2, 0.25) is 0 Å². The SMILES string of the molecule is CCCCCCCCCCNc1ccc(OOC)cc1OOC. The van der Waals surface area contributed by atoms with Crippen molar-refractivity contribution in [2.75, 3.05) is 26.1 Å². The van der Waals surface area contributed by atoms with E-state index in [0.717, 1.165) is 18.7 Å². The lowest BCUT2D eigenvalue weighted by Crippen LogP contribution is -2.04. The van der Waals surface area contributed by atoms with E-state index in [4.69, 9.17) is 14.7 Å².